The minimum atomic E-state index is -3.45. The molecule has 17 heavy (non-hydrogen) atoms. The molecule has 0 saturated carbocycles. The first-order chi connectivity index (χ1) is 8.14. The first-order valence-electron chi connectivity index (χ1n) is 5.45. The van der Waals surface area contributed by atoms with Gasteiger partial charge in [0.15, 0.2) is 12.4 Å². The minimum absolute atomic E-state index is 0.300. The van der Waals surface area contributed by atoms with Gasteiger partial charge in [0, 0.05) is 12.1 Å². The van der Waals surface area contributed by atoms with Gasteiger partial charge in [-0.3, -0.25) is 0 Å². The molecule has 3 nitrogen and oxygen atoms in total. The Morgan fingerprint density at radius 2 is 1.59 bits per heavy atom. The number of pyridine rings is 1. The second kappa shape index (κ2) is 4.67. The number of hydrogen-bond acceptors (Lipinski definition) is 2. The van der Waals surface area contributed by atoms with Crippen LogP contribution in [-0.2, 0) is 16.4 Å². The Kier molecular flexibility index (Phi) is 3.24. The van der Waals surface area contributed by atoms with Crippen molar-refractivity contribution in [2.24, 2.45) is 0 Å². The summed E-state index contributed by atoms with van der Waals surface area (Å²) in [6.45, 7) is 2.03. The molecule has 0 N–H and O–H groups in total. The van der Waals surface area contributed by atoms with Crippen LogP contribution in [0.3, 0.4) is 0 Å². The summed E-state index contributed by atoms with van der Waals surface area (Å²) in [5.74, 6) is 0. The van der Waals surface area contributed by atoms with Crippen molar-refractivity contribution in [2.75, 3.05) is 0 Å². The summed E-state index contributed by atoms with van der Waals surface area (Å²) < 4.78 is 25.6. The highest BCUT2D eigenvalue weighted by molar-refractivity contribution is 7.85. The highest BCUT2D eigenvalue weighted by atomic mass is 32.2. The van der Waals surface area contributed by atoms with E-state index in [1.54, 1.807) is 42.7 Å². The number of nitrogens with zero attached hydrogens (tertiary/aromatic N) is 1. The van der Waals surface area contributed by atoms with Crippen LogP contribution in [0.25, 0.3) is 0 Å². The van der Waals surface area contributed by atoms with E-state index < -0.39 is 10.0 Å². The molecule has 0 amide bonds. The van der Waals surface area contributed by atoms with Crippen LogP contribution < -0.4 is 3.97 Å². The molecule has 0 unspecified atom stereocenters. The summed E-state index contributed by atoms with van der Waals surface area (Å²) in [5.41, 5.74) is 1.12. The van der Waals surface area contributed by atoms with Gasteiger partial charge in [0.1, 0.15) is 4.90 Å². The van der Waals surface area contributed by atoms with Gasteiger partial charge in [-0.05, 0) is 24.1 Å². The van der Waals surface area contributed by atoms with Crippen molar-refractivity contribution >= 4 is 10.0 Å². The summed E-state index contributed by atoms with van der Waals surface area (Å²) >= 11 is 0. The van der Waals surface area contributed by atoms with Crippen molar-refractivity contribution < 1.29 is 12.4 Å². The van der Waals surface area contributed by atoms with Crippen molar-refractivity contribution in [3.8, 4) is 0 Å². The average Bonchev–Trinajstić information content (AvgIpc) is 2.40. The van der Waals surface area contributed by atoms with E-state index in [0.29, 0.717) is 4.90 Å². The van der Waals surface area contributed by atoms with E-state index in [1.807, 2.05) is 19.1 Å². The maximum atomic E-state index is 12.2. The van der Waals surface area contributed by atoms with E-state index in [4.69, 9.17) is 0 Å². The van der Waals surface area contributed by atoms with Gasteiger partial charge < -0.3 is 0 Å². The molecule has 2 rings (SSSR count). The van der Waals surface area contributed by atoms with E-state index in [-0.39, 0.29) is 0 Å². The van der Waals surface area contributed by atoms with Crippen LogP contribution in [0, 0.1) is 0 Å². The maximum absolute atomic E-state index is 12.2. The topological polar surface area (TPSA) is 38.0 Å². The summed E-state index contributed by atoms with van der Waals surface area (Å²) in [4.78, 5) is 0.300. The molecule has 0 atom stereocenters. The molecule has 0 bridgehead atoms. The largest absolute Gasteiger partial charge is 0.399 e. The van der Waals surface area contributed by atoms with Crippen LogP contribution in [0.4, 0.5) is 0 Å². The number of aromatic nitrogens is 1. The first-order valence-corrected chi connectivity index (χ1v) is 6.89. The molecule has 2 aromatic rings. The van der Waals surface area contributed by atoms with Crippen LogP contribution in [0.5, 0.6) is 0 Å². The lowest BCUT2D eigenvalue weighted by atomic mass is 10.2. The van der Waals surface area contributed by atoms with E-state index >= 15 is 0 Å². The Balaban J connectivity index is 2.45. The molecule has 88 valence electrons. The zero-order chi connectivity index (χ0) is 12.3. The third-order valence-corrected chi connectivity index (χ3v) is 4.26. The average molecular weight is 248 g/mol. The predicted molar refractivity (Wildman–Crippen MR) is 65.0 cm³/mol. The molecule has 1 aromatic carbocycles. The van der Waals surface area contributed by atoms with Crippen LogP contribution in [-0.4, -0.2) is 8.42 Å². The van der Waals surface area contributed by atoms with Gasteiger partial charge in [-0.15, -0.1) is 0 Å². The lowest BCUT2D eigenvalue weighted by Gasteiger charge is -1.99. The quantitative estimate of drug-likeness (QED) is 0.776. The van der Waals surface area contributed by atoms with Gasteiger partial charge in [-0.2, -0.15) is 8.42 Å². The maximum Gasteiger partial charge on any atom is 0.399 e. The number of benzene rings is 1. The van der Waals surface area contributed by atoms with Crippen molar-refractivity contribution in [3.05, 3.63) is 60.4 Å². The van der Waals surface area contributed by atoms with Crippen molar-refractivity contribution in [2.45, 2.75) is 18.2 Å². The van der Waals surface area contributed by atoms with Gasteiger partial charge in [-0.1, -0.05) is 29.1 Å². The van der Waals surface area contributed by atoms with Gasteiger partial charge in [-0.25, -0.2) is 0 Å². The molecule has 0 aliphatic carbocycles. The fraction of sp³-hybridized carbons (Fsp3) is 0.154. The molecular weight excluding hydrogens is 234 g/mol. The summed E-state index contributed by atoms with van der Waals surface area (Å²) in [7, 11) is -3.45. The standard InChI is InChI=1S/C13H14NO2S/c1-2-12-8-10-14(11-9-12)17(15,16)13-6-4-3-5-7-13/h3-11H,2H2,1H3/q+1. The van der Waals surface area contributed by atoms with E-state index in [2.05, 4.69) is 0 Å². The summed E-state index contributed by atoms with van der Waals surface area (Å²) in [6.07, 6.45) is 4.06. The molecule has 0 saturated heterocycles. The third-order valence-electron chi connectivity index (χ3n) is 2.60. The lowest BCUT2D eigenvalue weighted by molar-refractivity contribution is -0.511. The fourth-order valence-electron chi connectivity index (χ4n) is 1.55. The number of aryl methyl sites for hydroxylation is 1. The van der Waals surface area contributed by atoms with Gasteiger partial charge >= 0.3 is 10.0 Å². The Labute approximate surface area is 101 Å². The van der Waals surface area contributed by atoms with Crippen molar-refractivity contribution in [3.63, 3.8) is 0 Å². The number of rotatable bonds is 3. The smallest absolute Gasteiger partial charge is 0.158 e. The van der Waals surface area contributed by atoms with Crippen molar-refractivity contribution in [1.29, 1.82) is 0 Å². The second-order valence-corrected chi connectivity index (χ2v) is 5.55. The molecule has 0 fully saturated rings. The van der Waals surface area contributed by atoms with Crippen LogP contribution in [0.2, 0.25) is 0 Å². The zero-order valence-electron chi connectivity index (χ0n) is 9.58. The Bertz CT molecular complexity index is 589. The van der Waals surface area contributed by atoms with E-state index in [9.17, 15) is 8.42 Å². The van der Waals surface area contributed by atoms with Gasteiger partial charge in [0.05, 0.1) is 0 Å². The molecule has 4 heteroatoms. The highest BCUT2D eigenvalue weighted by Crippen LogP contribution is 2.07. The van der Waals surface area contributed by atoms with E-state index in [0.717, 1.165) is 12.0 Å². The molecule has 1 aromatic heterocycles. The fourth-order valence-corrected chi connectivity index (χ4v) is 2.74. The van der Waals surface area contributed by atoms with Crippen LogP contribution in [0.1, 0.15) is 12.5 Å². The summed E-state index contributed by atoms with van der Waals surface area (Å²) in [6, 6.07) is 12.1. The van der Waals surface area contributed by atoms with Crippen LogP contribution >= 0.6 is 0 Å². The molecule has 0 aliphatic rings. The molecule has 0 radical (unpaired) electrons. The predicted octanol–water partition coefficient (Wildman–Crippen LogP) is 1.77. The monoisotopic (exact) mass is 248 g/mol. The second-order valence-electron chi connectivity index (χ2n) is 3.71. The van der Waals surface area contributed by atoms with Gasteiger partial charge in [0.2, 0.25) is 0 Å². The first kappa shape index (κ1) is 11.8. The van der Waals surface area contributed by atoms with E-state index in [1.165, 1.54) is 3.97 Å². The lowest BCUT2D eigenvalue weighted by Crippen LogP contribution is -2.41. The molecule has 0 spiro atoms. The SMILES string of the molecule is CCc1cc[n+](S(=O)(=O)c2ccccc2)cc1. The molecule has 0 aliphatic heterocycles. The number of hydrogen-bond donors (Lipinski definition) is 0. The Hall–Kier alpha value is -1.68. The highest BCUT2D eigenvalue weighted by Gasteiger charge is 2.23. The third kappa shape index (κ3) is 2.36. The molecular formula is C13H14NO2S+. The normalized spacial score (nSPS) is 11.4. The minimum Gasteiger partial charge on any atom is -0.158 e. The molecule has 1 heterocycles. The van der Waals surface area contributed by atoms with Crippen molar-refractivity contribution in [1.82, 2.24) is 0 Å². The Morgan fingerprint density at radius 1 is 1.00 bits per heavy atom. The zero-order valence-corrected chi connectivity index (χ0v) is 10.4. The summed E-state index contributed by atoms with van der Waals surface area (Å²) in [5, 5.41) is 0. The van der Waals surface area contributed by atoms with Gasteiger partial charge in [0.25, 0.3) is 0 Å². The Morgan fingerprint density at radius 3 is 2.12 bits per heavy atom. The van der Waals surface area contributed by atoms with Crippen LogP contribution in [0.15, 0.2) is 59.8 Å².